The zero-order valence-electron chi connectivity index (χ0n) is 6.93. The lowest BCUT2D eigenvalue weighted by molar-refractivity contribution is 0.137. The molecule has 2 nitrogen and oxygen atoms in total. The van der Waals surface area contributed by atoms with E-state index in [9.17, 15) is 0 Å². The van der Waals surface area contributed by atoms with Crippen LogP contribution in [0.25, 0.3) is 0 Å². The van der Waals surface area contributed by atoms with Crippen molar-refractivity contribution in [2.45, 2.75) is 6.92 Å². The van der Waals surface area contributed by atoms with Crippen LogP contribution in [0.1, 0.15) is 6.92 Å². The van der Waals surface area contributed by atoms with Gasteiger partial charge < -0.3 is 9.47 Å². The molecular formula is C9H14O2. The Balaban J connectivity index is 3.31. The monoisotopic (exact) mass is 154 g/mol. The smallest absolute Gasteiger partial charge is 0.122 e. The highest BCUT2D eigenvalue weighted by Crippen LogP contribution is 2.03. The van der Waals surface area contributed by atoms with E-state index in [1.807, 2.05) is 6.92 Å². The summed E-state index contributed by atoms with van der Waals surface area (Å²) in [4.78, 5) is 0. The first-order valence-corrected chi connectivity index (χ1v) is 3.38. The van der Waals surface area contributed by atoms with Crippen LogP contribution in [0.2, 0.25) is 0 Å². The lowest BCUT2D eigenvalue weighted by Crippen LogP contribution is -2.00. The molecule has 0 aliphatic heterocycles. The Morgan fingerprint density at radius 3 is 2.45 bits per heavy atom. The minimum absolute atomic E-state index is 0.484. The van der Waals surface area contributed by atoms with Gasteiger partial charge in [0.1, 0.15) is 19.0 Å². The molecule has 0 N–H and O–H groups in total. The predicted molar refractivity (Wildman–Crippen MR) is 46.1 cm³/mol. The summed E-state index contributed by atoms with van der Waals surface area (Å²) < 4.78 is 9.97. The highest BCUT2D eigenvalue weighted by Gasteiger charge is 1.93. The van der Waals surface area contributed by atoms with Gasteiger partial charge in [-0.05, 0) is 12.5 Å². The number of allylic oxidation sites excluding steroid dienone is 1. The largest absolute Gasteiger partial charge is 0.498 e. The Labute approximate surface area is 67.8 Å². The van der Waals surface area contributed by atoms with Crippen LogP contribution >= 0.6 is 0 Å². The van der Waals surface area contributed by atoms with Gasteiger partial charge in [0, 0.05) is 0 Å². The average Bonchev–Trinajstić information content (AvgIpc) is 1.97. The van der Waals surface area contributed by atoms with Gasteiger partial charge in [-0.3, -0.25) is 0 Å². The van der Waals surface area contributed by atoms with Gasteiger partial charge in [-0.25, -0.2) is 0 Å². The Hall–Kier alpha value is -1.18. The van der Waals surface area contributed by atoms with Crippen molar-refractivity contribution in [3.05, 3.63) is 37.3 Å². The van der Waals surface area contributed by atoms with E-state index >= 15 is 0 Å². The Kier molecular flexibility index (Phi) is 4.99. The van der Waals surface area contributed by atoms with Gasteiger partial charge in [0.05, 0.1) is 6.26 Å². The fourth-order valence-corrected chi connectivity index (χ4v) is 0.420. The lowest BCUT2D eigenvalue weighted by atomic mass is 10.3. The quantitative estimate of drug-likeness (QED) is 0.332. The van der Waals surface area contributed by atoms with Crippen molar-refractivity contribution in [1.29, 1.82) is 0 Å². The van der Waals surface area contributed by atoms with E-state index in [1.54, 1.807) is 0 Å². The zero-order chi connectivity index (χ0) is 8.69. The number of rotatable bonds is 6. The van der Waals surface area contributed by atoms with E-state index in [4.69, 9.17) is 9.47 Å². The molecule has 0 aromatic carbocycles. The normalized spacial score (nSPS) is 8.45. The molecule has 0 aromatic rings. The van der Waals surface area contributed by atoms with Crippen LogP contribution in [0.15, 0.2) is 37.3 Å². The highest BCUT2D eigenvalue weighted by atomic mass is 16.5. The summed E-state index contributed by atoms with van der Waals surface area (Å²) in [6, 6.07) is 0. The van der Waals surface area contributed by atoms with E-state index in [0.717, 1.165) is 5.57 Å². The van der Waals surface area contributed by atoms with Crippen LogP contribution < -0.4 is 0 Å². The minimum atomic E-state index is 0.484. The van der Waals surface area contributed by atoms with E-state index in [1.165, 1.54) is 6.26 Å². The second kappa shape index (κ2) is 5.59. The fraction of sp³-hybridized carbons (Fsp3) is 0.333. The van der Waals surface area contributed by atoms with E-state index in [-0.39, 0.29) is 0 Å². The zero-order valence-corrected chi connectivity index (χ0v) is 6.93. The summed E-state index contributed by atoms with van der Waals surface area (Å²) in [6.07, 6.45) is 1.38. The van der Waals surface area contributed by atoms with E-state index in [2.05, 4.69) is 19.7 Å². The molecule has 0 radical (unpaired) electrons. The van der Waals surface area contributed by atoms with Gasteiger partial charge in [-0.15, -0.1) is 0 Å². The van der Waals surface area contributed by atoms with Crippen molar-refractivity contribution in [1.82, 2.24) is 0 Å². The Morgan fingerprint density at radius 1 is 1.36 bits per heavy atom. The minimum Gasteiger partial charge on any atom is -0.498 e. The number of hydrogen-bond acceptors (Lipinski definition) is 2. The van der Waals surface area contributed by atoms with Crippen LogP contribution in [0, 0.1) is 0 Å². The molecule has 0 fully saturated rings. The highest BCUT2D eigenvalue weighted by molar-refractivity contribution is 5.15. The van der Waals surface area contributed by atoms with Gasteiger partial charge in [-0.2, -0.15) is 0 Å². The van der Waals surface area contributed by atoms with Crippen molar-refractivity contribution >= 4 is 0 Å². The third-order valence-electron chi connectivity index (χ3n) is 1.07. The predicted octanol–water partition coefficient (Wildman–Crippen LogP) is 2.25. The summed E-state index contributed by atoms with van der Waals surface area (Å²) in [5, 5.41) is 0. The molecule has 11 heavy (non-hydrogen) atoms. The molecule has 0 unspecified atom stereocenters. The van der Waals surface area contributed by atoms with Gasteiger partial charge in [0.2, 0.25) is 0 Å². The van der Waals surface area contributed by atoms with Gasteiger partial charge in [0.25, 0.3) is 0 Å². The summed E-state index contributed by atoms with van der Waals surface area (Å²) in [6.45, 7) is 13.5. The van der Waals surface area contributed by atoms with Gasteiger partial charge in [0.15, 0.2) is 0 Å². The first-order chi connectivity index (χ1) is 5.18. The molecule has 0 aliphatic carbocycles. The molecule has 0 atom stereocenters. The van der Waals surface area contributed by atoms with Crippen LogP contribution in [-0.2, 0) is 9.47 Å². The van der Waals surface area contributed by atoms with Crippen LogP contribution in [0.4, 0.5) is 0 Å². The fourth-order valence-electron chi connectivity index (χ4n) is 0.420. The molecule has 0 rings (SSSR count). The van der Waals surface area contributed by atoms with Crippen molar-refractivity contribution in [2.24, 2.45) is 0 Å². The second-order valence-electron chi connectivity index (χ2n) is 2.09. The third-order valence-corrected chi connectivity index (χ3v) is 1.07. The molecule has 0 heterocycles. The molecule has 0 aromatic heterocycles. The lowest BCUT2D eigenvalue weighted by Gasteiger charge is -2.07. The average molecular weight is 154 g/mol. The Bertz CT molecular complexity index is 159. The molecule has 0 amide bonds. The number of ether oxygens (including phenoxy) is 2. The van der Waals surface area contributed by atoms with Gasteiger partial charge in [-0.1, -0.05) is 19.7 Å². The summed E-state index contributed by atoms with van der Waals surface area (Å²) in [5.74, 6) is 0.609. The summed E-state index contributed by atoms with van der Waals surface area (Å²) >= 11 is 0. The molecule has 0 saturated carbocycles. The van der Waals surface area contributed by atoms with E-state index in [0.29, 0.717) is 19.0 Å². The molecule has 62 valence electrons. The van der Waals surface area contributed by atoms with Crippen molar-refractivity contribution in [3.8, 4) is 0 Å². The molecule has 2 heteroatoms. The van der Waals surface area contributed by atoms with E-state index < -0.39 is 0 Å². The molecule has 0 bridgehead atoms. The Morgan fingerprint density at radius 2 is 2.00 bits per heavy atom. The summed E-state index contributed by atoms with van der Waals surface area (Å²) in [5.41, 5.74) is 0.837. The van der Waals surface area contributed by atoms with Crippen molar-refractivity contribution < 1.29 is 9.47 Å². The standard InChI is InChI=1S/C9H14O2/c1-5-10-6-7-11-9(4)8(2)3/h5H,1-2,4,6-7H2,3H3. The molecule has 0 aliphatic rings. The van der Waals surface area contributed by atoms with Crippen molar-refractivity contribution in [3.63, 3.8) is 0 Å². The van der Waals surface area contributed by atoms with Crippen molar-refractivity contribution in [2.75, 3.05) is 13.2 Å². The maximum atomic E-state index is 5.14. The second-order valence-corrected chi connectivity index (χ2v) is 2.09. The van der Waals surface area contributed by atoms with Crippen LogP contribution in [0.3, 0.4) is 0 Å². The maximum absolute atomic E-state index is 5.14. The van der Waals surface area contributed by atoms with Crippen LogP contribution in [0.5, 0.6) is 0 Å². The first kappa shape index (κ1) is 9.82. The number of hydrogen-bond donors (Lipinski definition) is 0. The topological polar surface area (TPSA) is 18.5 Å². The molecule has 0 saturated heterocycles. The SMILES string of the molecule is C=COCCOC(=C)C(=C)C. The van der Waals surface area contributed by atoms with Gasteiger partial charge >= 0.3 is 0 Å². The molecule has 0 spiro atoms. The van der Waals surface area contributed by atoms with Crippen LogP contribution in [-0.4, -0.2) is 13.2 Å². The summed E-state index contributed by atoms with van der Waals surface area (Å²) in [7, 11) is 0. The molecular weight excluding hydrogens is 140 g/mol. The third kappa shape index (κ3) is 5.27. The maximum Gasteiger partial charge on any atom is 0.122 e. The first-order valence-electron chi connectivity index (χ1n) is 3.38.